The number of aromatic nitrogens is 2. The van der Waals surface area contributed by atoms with Gasteiger partial charge in [-0.15, -0.1) is 0 Å². The Balaban J connectivity index is -0.000000589. The summed E-state index contributed by atoms with van der Waals surface area (Å²) in [7, 11) is 0. The third-order valence-corrected chi connectivity index (χ3v) is 4.95. The Morgan fingerprint density at radius 3 is 1.62 bits per heavy atom. The van der Waals surface area contributed by atoms with E-state index in [0.717, 1.165) is 11.1 Å². The molecule has 2 aromatic heterocycles. The molecule has 7 N–H and O–H groups in total. The maximum atomic E-state index is 12.7. The fraction of sp³-hybridized carbons (Fsp3) is 0.0800. The summed E-state index contributed by atoms with van der Waals surface area (Å²) >= 11 is 5.41. The minimum Gasteiger partial charge on any atom is -1.00 e. The zero-order chi connectivity index (χ0) is 32.4. The van der Waals surface area contributed by atoms with Gasteiger partial charge in [0.05, 0.1) is 9.85 Å². The van der Waals surface area contributed by atoms with Crippen LogP contribution in [0.3, 0.4) is 0 Å². The molecule has 4 rings (SSSR count). The van der Waals surface area contributed by atoms with Gasteiger partial charge in [-0.3, -0.25) is 25.0 Å². The molecule has 0 atom stereocenters. The number of nitrogens with one attached hydrogen (secondary N) is 1. The van der Waals surface area contributed by atoms with E-state index in [-0.39, 0.29) is 150 Å². The Morgan fingerprint density at radius 2 is 1.24 bits per heavy atom. The van der Waals surface area contributed by atoms with Crippen LogP contribution in [0, 0.1) is 31.9 Å². The fourth-order valence-electron chi connectivity index (χ4n) is 2.73. The van der Waals surface area contributed by atoms with Gasteiger partial charge in [-0.25, -0.2) is 18.7 Å². The van der Waals surface area contributed by atoms with Crippen LogP contribution in [0.15, 0.2) is 72.8 Å². The third kappa shape index (κ3) is 18.5. The van der Waals surface area contributed by atoms with Gasteiger partial charge in [0.1, 0.15) is 22.6 Å². The van der Waals surface area contributed by atoms with E-state index in [1.165, 1.54) is 48.5 Å². The van der Waals surface area contributed by atoms with Gasteiger partial charge in [0, 0.05) is 25.2 Å². The minimum absolute atomic E-state index is 0. The van der Waals surface area contributed by atoms with Crippen LogP contribution in [0.4, 0.5) is 37.6 Å². The van der Waals surface area contributed by atoms with Crippen molar-refractivity contribution < 1.29 is 138 Å². The second-order valence-electron chi connectivity index (χ2n) is 7.66. The number of nitrogens with zero attached hydrogens (tertiary/aromatic N) is 4. The molecule has 0 unspecified atom stereocenters. The van der Waals surface area contributed by atoms with E-state index in [4.69, 9.17) is 38.9 Å². The van der Waals surface area contributed by atoms with E-state index in [1.54, 1.807) is 24.3 Å². The molecular formula is C25H25ClF2K2N8O7. The molecule has 0 aliphatic heterocycles. The van der Waals surface area contributed by atoms with Crippen molar-refractivity contribution in [3.05, 3.63) is 121 Å². The average molecular weight is 701 g/mol. The topological polar surface area (TPSA) is 252 Å². The first-order valence-electron chi connectivity index (χ1n) is 11.5. The van der Waals surface area contributed by atoms with Crippen LogP contribution >= 0.6 is 11.6 Å². The van der Waals surface area contributed by atoms with Gasteiger partial charge >= 0.3 is 114 Å². The molecule has 0 aliphatic rings. The van der Waals surface area contributed by atoms with Gasteiger partial charge in [-0.05, 0) is 47.5 Å². The van der Waals surface area contributed by atoms with E-state index in [0.29, 0.717) is 18.9 Å². The number of rotatable bonds is 7. The van der Waals surface area contributed by atoms with Crippen molar-refractivity contribution in [1.82, 2.24) is 9.97 Å². The van der Waals surface area contributed by atoms with Crippen LogP contribution < -0.4 is 131 Å². The molecule has 2 aromatic carbocycles. The van der Waals surface area contributed by atoms with Gasteiger partial charge in [-0.1, -0.05) is 35.9 Å². The number of pyridine rings is 2. The number of carbonyl (C=O) groups excluding carboxylic acids is 1. The number of nitrogen functional groups attached to an aromatic ring is 2. The molecule has 0 aliphatic carbocycles. The van der Waals surface area contributed by atoms with Crippen molar-refractivity contribution in [2.75, 3.05) is 16.8 Å². The minimum atomic E-state index is -0.612. The van der Waals surface area contributed by atoms with E-state index in [2.05, 4.69) is 20.2 Å². The second kappa shape index (κ2) is 24.9. The molecule has 0 amide bonds. The number of carbonyl (C=O) groups is 1. The smallest absolute Gasteiger partial charge is 1.00 e. The van der Waals surface area contributed by atoms with E-state index in [1.807, 2.05) is 0 Å². The Kier molecular flexibility index (Phi) is 24.8. The molecule has 0 fully saturated rings. The quantitative estimate of drug-likeness (QED) is 0.0386. The third-order valence-electron chi connectivity index (χ3n) is 4.74. The van der Waals surface area contributed by atoms with E-state index in [9.17, 15) is 29.0 Å². The van der Waals surface area contributed by atoms with Gasteiger partial charge in [0.25, 0.3) is 6.47 Å². The van der Waals surface area contributed by atoms with Crippen molar-refractivity contribution in [1.29, 1.82) is 0 Å². The van der Waals surface area contributed by atoms with Crippen LogP contribution in [0.25, 0.3) is 0 Å². The zero-order valence-corrected chi connectivity index (χ0v) is 30.9. The Labute approximate surface area is 346 Å². The summed E-state index contributed by atoms with van der Waals surface area (Å²) in [5, 5.41) is 32.3. The van der Waals surface area contributed by atoms with Crippen molar-refractivity contribution in [2.24, 2.45) is 5.73 Å². The summed E-state index contributed by atoms with van der Waals surface area (Å²) in [6.45, 7) is 0.713. The predicted octanol–water partition coefficient (Wildman–Crippen LogP) is -2.61. The van der Waals surface area contributed by atoms with Gasteiger partial charge in [-0.2, -0.15) is 0 Å². The summed E-state index contributed by atoms with van der Waals surface area (Å²) in [4.78, 5) is 38.2. The molecule has 0 radical (unpaired) electrons. The largest absolute Gasteiger partial charge is 1.00 e. The Hall–Kier alpha value is -2.25. The zero-order valence-electron chi connectivity index (χ0n) is 24.9. The predicted molar refractivity (Wildman–Crippen MR) is 152 cm³/mol. The Bertz CT molecular complexity index is 1500. The molecule has 0 saturated heterocycles. The number of benzene rings is 2. The SMILES string of the molecule is NCc1ccc(F)cc1.Nc1nc(Cl)ccc1[N+](=O)[O-].Nc1nc(NCc2ccc(F)cc2)ccc1[N+](=O)[O-].O=CO[O-].[H-].[K+].[K+]. The van der Waals surface area contributed by atoms with Crippen molar-refractivity contribution in [3.8, 4) is 0 Å². The van der Waals surface area contributed by atoms with Gasteiger partial charge < -0.3 is 34.1 Å². The summed E-state index contributed by atoms with van der Waals surface area (Å²) in [6.07, 6.45) is 0. The maximum absolute atomic E-state index is 12.7. The molecule has 230 valence electrons. The normalized spacial score (nSPS) is 9.00. The number of halogens is 3. The molecule has 20 heteroatoms. The van der Waals surface area contributed by atoms with Crippen molar-refractivity contribution in [3.63, 3.8) is 0 Å². The summed E-state index contributed by atoms with van der Waals surface area (Å²) in [5.74, 6) is -0.405. The number of nitrogens with two attached hydrogens (primary N) is 3. The van der Waals surface area contributed by atoms with Crippen molar-refractivity contribution in [2.45, 2.75) is 13.1 Å². The number of anilines is 3. The molecule has 2 heterocycles. The van der Waals surface area contributed by atoms with Crippen LogP contribution in [-0.4, -0.2) is 26.3 Å². The van der Waals surface area contributed by atoms with Crippen molar-refractivity contribution >= 4 is 46.9 Å². The summed E-state index contributed by atoms with van der Waals surface area (Å²) in [6, 6.07) is 17.4. The van der Waals surface area contributed by atoms with E-state index >= 15 is 0 Å². The van der Waals surface area contributed by atoms with Crippen LogP contribution in [0.5, 0.6) is 0 Å². The summed E-state index contributed by atoms with van der Waals surface area (Å²) in [5.41, 5.74) is 17.3. The van der Waals surface area contributed by atoms with Crippen LogP contribution in [-0.2, 0) is 22.8 Å². The first kappa shape index (κ1) is 44.9. The number of hydrogen-bond acceptors (Lipinski definition) is 13. The molecule has 45 heavy (non-hydrogen) atoms. The van der Waals surface area contributed by atoms with Crippen LogP contribution in [0.1, 0.15) is 12.6 Å². The maximum Gasteiger partial charge on any atom is 1.00 e. The monoisotopic (exact) mass is 700 g/mol. The van der Waals surface area contributed by atoms with Crippen LogP contribution in [0.2, 0.25) is 5.15 Å². The molecule has 4 aromatic rings. The molecule has 0 saturated carbocycles. The number of hydrogen-bond donors (Lipinski definition) is 4. The molecule has 0 bridgehead atoms. The van der Waals surface area contributed by atoms with Gasteiger partial charge in [0.2, 0.25) is 11.6 Å². The number of nitro groups is 2. The standard InChI is InChI=1S/C12H11FN4O2.C7H8FN.C5H4ClN3O2.CH2O3.2K.H/c13-9-3-1-8(2-4-9)7-15-11-6-5-10(17(18)19)12(14)16-11;8-7-3-1-6(5-9)2-4-7;6-4-2-1-3(9(10)11)5(7)8-4;2-1-4-3;;;/h1-6H,7H2,(H3,14,15,16);1-4H,5,9H2;1-2H,(H2,7,8);1,3H;;;/q;;;;2*+1;-1/p-1. The van der Waals surface area contributed by atoms with E-state index < -0.39 is 9.85 Å². The molecular weight excluding hydrogens is 676 g/mol. The fourth-order valence-corrected chi connectivity index (χ4v) is 2.89. The Morgan fingerprint density at radius 1 is 0.822 bits per heavy atom. The molecule has 15 nitrogen and oxygen atoms in total. The average Bonchev–Trinajstić information content (AvgIpc) is 2.98. The first-order valence-corrected chi connectivity index (χ1v) is 11.9. The van der Waals surface area contributed by atoms with Gasteiger partial charge in [0.15, 0.2) is 0 Å². The second-order valence-corrected chi connectivity index (χ2v) is 8.04. The first-order chi connectivity index (χ1) is 20.4. The molecule has 0 spiro atoms. The summed E-state index contributed by atoms with van der Waals surface area (Å²) < 4.78 is 24.9.